The van der Waals surface area contributed by atoms with Crippen LogP contribution in [0.15, 0.2) is 47.2 Å². The van der Waals surface area contributed by atoms with Crippen LogP contribution in [0.2, 0.25) is 5.02 Å². The first-order chi connectivity index (χ1) is 13.5. The number of hydrogen-bond donors (Lipinski definition) is 0. The average Bonchev–Trinajstić information content (AvgIpc) is 3.36. The number of methoxy groups -OCH3 is 1. The van der Waals surface area contributed by atoms with E-state index in [0.29, 0.717) is 21.9 Å². The first-order valence-electron chi connectivity index (χ1n) is 8.56. The Morgan fingerprint density at radius 1 is 1.32 bits per heavy atom. The second-order valence-corrected chi connectivity index (χ2v) is 6.88. The molecule has 28 heavy (non-hydrogen) atoms. The van der Waals surface area contributed by atoms with E-state index in [-0.39, 0.29) is 37.1 Å². The molecule has 1 fully saturated rings. The smallest absolute Gasteiger partial charge is 0.258 e. The van der Waals surface area contributed by atoms with Gasteiger partial charge in [0, 0.05) is 35.9 Å². The Labute approximate surface area is 165 Å². The van der Waals surface area contributed by atoms with E-state index in [2.05, 4.69) is 15.1 Å². The van der Waals surface area contributed by atoms with Gasteiger partial charge in [0.15, 0.2) is 5.67 Å². The third-order valence-electron chi connectivity index (χ3n) is 4.65. The third kappa shape index (κ3) is 3.31. The van der Waals surface area contributed by atoms with Crippen LogP contribution in [0.3, 0.4) is 0 Å². The summed E-state index contributed by atoms with van der Waals surface area (Å²) >= 11 is 5.94. The Hall–Kier alpha value is -3.00. The largest absolute Gasteiger partial charge is 0.496 e. The number of carbonyl (C=O) groups excluding carboxylic acids is 1. The van der Waals surface area contributed by atoms with Crippen molar-refractivity contribution in [1.29, 1.82) is 0 Å². The average molecular weight is 403 g/mol. The molecule has 1 aliphatic heterocycles. The van der Waals surface area contributed by atoms with Crippen molar-refractivity contribution >= 4 is 17.5 Å². The zero-order chi connectivity index (χ0) is 19.7. The molecule has 1 aromatic carbocycles. The van der Waals surface area contributed by atoms with Gasteiger partial charge in [-0.3, -0.25) is 9.78 Å². The van der Waals surface area contributed by atoms with Gasteiger partial charge in [-0.25, -0.2) is 4.39 Å². The molecule has 0 radical (unpaired) electrons. The van der Waals surface area contributed by atoms with Crippen molar-refractivity contribution in [1.82, 2.24) is 20.0 Å². The van der Waals surface area contributed by atoms with Gasteiger partial charge in [0.05, 0.1) is 19.2 Å². The molecule has 0 saturated carbocycles. The lowest BCUT2D eigenvalue weighted by Gasteiger charge is -2.19. The van der Waals surface area contributed by atoms with E-state index in [1.165, 1.54) is 12.0 Å². The molecule has 0 bridgehead atoms. The molecule has 7 nitrogen and oxygen atoms in total. The number of aromatic nitrogens is 3. The summed E-state index contributed by atoms with van der Waals surface area (Å²) in [5.41, 5.74) is -0.916. The first kappa shape index (κ1) is 18.4. The summed E-state index contributed by atoms with van der Waals surface area (Å²) in [6, 6.07) is 8.10. The van der Waals surface area contributed by atoms with Gasteiger partial charge in [-0.1, -0.05) is 16.8 Å². The molecular weight excluding hydrogens is 387 g/mol. The number of pyridine rings is 1. The van der Waals surface area contributed by atoms with Crippen LogP contribution in [-0.4, -0.2) is 46.1 Å². The van der Waals surface area contributed by atoms with Gasteiger partial charge in [0.25, 0.3) is 11.8 Å². The van der Waals surface area contributed by atoms with Crippen LogP contribution < -0.4 is 4.74 Å². The number of hydrogen-bond acceptors (Lipinski definition) is 6. The summed E-state index contributed by atoms with van der Waals surface area (Å²) in [6.45, 7) is 0.0488. The molecule has 0 spiro atoms. The summed E-state index contributed by atoms with van der Waals surface area (Å²) in [5, 5.41) is 4.25. The van der Waals surface area contributed by atoms with Crippen molar-refractivity contribution in [2.75, 3.05) is 20.2 Å². The monoisotopic (exact) mass is 402 g/mol. The molecule has 3 heterocycles. The molecule has 1 aliphatic rings. The number of carbonyl (C=O) groups is 1. The van der Waals surface area contributed by atoms with E-state index in [1.807, 2.05) is 0 Å². The number of rotatable bonds is 4. The van der Waals surface area contributed by atoms with Crippen LogP contribution in [0.5, 0.6) is 5.75 Å². The lowest BCUT2D eigenvalue weighted by molar-refractivity contribution is 0.0739. The van der Waals surface area contributed by atoms with Crippen molar-refractivity contribution in [3.8, 4) is 17.2 Å². The highest BCUT2D eigenvalue weighted by molar-refractivity contribution is 6.30. The number of ether oxygens (including phenoxy) is 1. The molecule has 1 atom stereocenters. The van der Waals surface area contributed by atoms with Gasteiger partial charge in [-0.2, -0.15) is 4.98 Å². The maximum atomic E-state index is 15.5. The van der Waals surface area contributed by atoms with Crippen molar-refractivity contribution < 1.29 is 18.4 Å². The summed E-state index contributed by atoms with van der Waals surface area (Å²) in [4.78, 5) is 22.4. The second-order valence-electron chi connectivity index (χ2n) is 6.45. The van der Waals surface area contributed by atoms with Gasteiger partial charge in [0.2, 0.25) is 5.82 Å². The quantitative estimate of drug-likeness (QED) is 0.664. The third-order valence-corrected chi connectivity index (χ3v) is 4.89. The second kappa shape index (κ2) is 7.20. The maximum absolute atomic E-state index is 15.5. The number of benzene rings is 1. The van der Waals surface area contributed by atoms with E-state index >= 15 is 4.39 Å². The molecule has 0 N–H and O–H groups in total. The van der Waals surface area contributed by atoms with Crippen LogP contribution >= 0.6 is 11.6 Å². The minimum absolute atomic E-state index is 0.0716. The van der Waals surface area contributed by atoms with Gasteiger partial charge in [-0.05, 0) is 30.3 Å². The maximum Gasteiger partial charge on any atom is 0.258 e. The lowest BCUT2D eigenvalue weighted by atomic mass is 10.1. The number of likely N-dealkylation sites (tertiary alicyclic amines) is 1. The van der Waals surface area contributed by atoms with Crippen molar-refractivity contribution in [2.45, 2.75) is 12.1 Å². The van der Waals surface area contributed by atoms with Crippen molar-refractivity contribution in [3.63, 3.8) is 0 Å². The van der Waals surface area contributed by atoms with E-state index in [1.54, 1.807) is 42.7 Å². The van der Waals surface area contributed by atoms with Crippen LogP contribution in [0.25, 0.3) is 11.5 Å². The number of halogens is 2. The summed E-state index contributed by atoms with van der Waals surface area (Å²) < 4.78 is 25.9. The van der Waals surface area contributed by atoms with Crippen molar-refractivity contribution in [2.24, 2.45) is 0 Å². The molecule has 1 saturated heterocycles. The van der Waals surface area contributed by atoms with E-state index < -0.39 is 5.67 Å². The van der Waals surface area contributed by atoms with Crippen LogP contribution in [0.4, 0.5) is 4.39 Å². The Bertz CT molecular complexity index is 1010. The fourth-order valence-electron chi connectivity index (χ4n) is 3.16. The van der Waals surface area contributed by atoms with Gasteiger partial charge >= 0.3 is 0 Å². The summed E-state index contributed by atoms with van der Waals surface area (Å²) in [5.74, 6) is 0.135. The molecule has 9 heteroatoms. The summed E-state index contributed by atoms with van der Waals surface area (Å²) in [6.07, 6.45) is 3.24. The number of amides is 1. The van der Waals surface area contributed by atoms with Crippen LogP contribution in [0, 0.1) is 0 Å². The lowest BCUT2D eigenvalue weighted by Crippen LogP contribution is -2.33. The van der Waals surface area contributed by atoms with E-state index in [9.17, 15) is 4.79 Å². The Balaban J connectivity index is 1.55. The van der Waals surface area contributed by atoms with Gasteiger partial charge < -0.3 is 14.2 Å². The van der Waals surface area contributed by atoms with Gasteiger partial charge in [-0.15, -0.1) is 0 Å². The predicted octanol–water partition coefficient (Wildman–Crippen LogP) is 3.50. The number of nitrogens with zero attached hydrogens (tertiary/aromatic N) is 4. The van der Waals surface area contributed by atoms with E-state index in [4.69, 9.17) is 20.9 Å². The molecule has 2 aromatic heterocycles. The molecule has 1 unspecified atom stereocenters. The van der Waals surface area contributed by atoms with Crippen LogP contribution in [0.1, 0.15) is 22.6 Å². The number of alkyl halides is 1. The molecule has 3 aromatic rings. The molecule has 1 amide bonds. The van der Waals surface area contributed by atoms with Crippen LogP contribution in [-0.2, 0) is 5.67 Å². The molecular formula is C19H16ClFN4O3. The fraction of sp³-hybridized carbons (Fsp3) is 0.263. The minimum Gasteiger partial charge on any atom is -0.496 e. The molecule has 4 rings (SSSR count). The normalized spacial score (nSPS) is 19.0. The van der Waals surface area contributed by atoms with E-state index in [0.717, 1.165) is 0 Å². The highest BCUT2D eigenvalue weighted by Crippen LogP contribution is 2.37. The fourth-order valence-corrected chi connectivity index (χ4v) is 3.32. The highest BCUT2D eigenvalue weighted by Gasteiger charge is 2.46. The zero-order valence-corrected chi connectivity index (χ0v) is 15.7. The Morgan fingerprint density at radius 2 is 2.11 bits per heavy atom. The SMILES string of the molecule is COc1cc(Cl)ccc1C(=O)N1CCC(F)(c2noc(-c3ccncc3)n2)C1. The topological polar surface area (TPSA) is 81.4 Å². The first-order valence-corrected chi connectivity index (χ1v) is 8.94. The predicted molar refractivity (Wildman–Crippen MR) is 98.8 cm³/mol. The molecule has 0 aliphatic carbocycles. The van der Waals surface area contributed by atoms with Crippen molar-refractivity contribution in [3.05, 3.63) is 59.1 Å². The standard InChI is InChI=1S/C19H16ClFN4O3/c1-27-15-10-13(20)2-3-14(15)17(26)25-9-6-19(21,11-25)18-23-16(28-24-18)12-4-7-22-8-5-12/h2-5,7-8,10H,6,9,11H2,1H3. The highest BCUT2D eigenvalue weighted by atomic mass is 35.5. The zero-order valence-electron chi connectivity index (χ0n) is 14.9. The Kier molecular flexibility index (Phi) is 4.72. The minimum atomic E-state index is -1.88. The Morgan fingerprint density at radius 3 is 2.86 bits per heavy atom. The molecule has 144 valence electrons. The van der Waals surface area contributed by atoms with Gasteiger partial charge in [0.1, 0.15) is 5.75 Å². The summed E-state index contributed by atoms with van der Waals surface area (Å²) in [7, 11) is 1.45.